The molecule has 1 N–H and O–H groups in total. The zero-order valence-corrected chi connectivity index (χ0v) is 11.3. The van der Waals surface area contributed by atoms with Crippen LogP contribution in [0.2, 0.25) is 0 Å². The largest absolute Gasteiger partial charge is 0.466 e. The van der Waals surface area contributed by atoms with Gasteiger partial charge in [0.2, 0.25) is 5.91 Å². The number of benzene rings is 1. The van der Waals surface area contributed by atoms with Crippen LogP contribution >= 0.6 is 0 Å². The van der Waals surface area contributed by atoms with E-state index in [9.17, 15) is 19.7 Å². The Hall–Kier alpha value is -2.44. The number of rotatable bonds is 6. The Morgan fingerprint density at radius 1 is 1.35 bits per heavy atom. The summed E-state index contributed by atoms with van der Waals surface area (Å²) in [6.07, 6.45) is 0.102. The Kier molecular flexibility index (Phi) is 5.64. The van der Waals surface area contributed by atoms with Gasteiger partial charge in [0.25, 0.3) is 5.69 Å². The van der Waals surface area contributed by atoms with Gasteiger partial charge in [-0.1, -0.05) is 13.0 Å². The Morgan fingerprint density at radius 3 is 2.60 bits per heavy atom. The van der Waals surface area contributed by atoms with Crippen molar-refractivity contribution in [1.82, 2.24) is 0 Å². The minimum atomic E-state index is -0.635. The van der Waals surface area contributed by atoms with Crippen molar-refractivity contribution < 1.29 is 19.2 Å². The molecule has 0 saturated carbocycles. The van der Waals surface area contributed by atoms with Gasteiger partial charge in [0.05, 0.1) is 11.5 Å². The number of anilines is 1. The van der Waals surface area contributed by atoms with Crippen LogP contribution in [0.25, 0.3) is 0 Å². The first-order chi connectivity index (χ1) is 9.47. The maximum atomic E-state index is 11.6. The van der Waals surface area contributed by atoms with Crippen LogP contribution in [0.3, 0.4) is 0 Å². The van der Waals surface area contributed by atoms with Crippen molar-refractivity contribution in [2.24, 2.45) is 0 Å². The first-order valence-electron chi connectivity index (χ1n) is 6.20. The van der Waals surface area contributed by atoms with Gasteiger partial charge in [-0.3, -0.25) is 19.7 Å². The van der Waals surface area contributed by atoms with Crippen molar-refractivity contribution in [2.75, 3.05) is 11.9 Å². The zero-order chi connectivity index (χ0) is 15.1. The smallest absolute Gasteiger partial charge is 0.315 e. The molecule has 0 spiro atoms. The number of nitrogens with one attached hydrogen (secondary N) is 1. The molecule has 0 atom stereocenters. The van der Waals surface area contributed by atoms with E-state index in [-0.39, 0.29) is 18.0 Å². The molecule has 108 valence electrons. The van der Waals surface area contributed by atoms with E-state index in [0.717, 1.165) is 0 Å². The van der Waals surface area contributed by atoms with Gasteiger partial charge in [0.15, 0.2) is 0 Å². The van der Waals surface area contributed by atoms with E-state index in [1.165, 1.54) is 6.07 Å². The lowest BCUT2D eigenvalue weighted by molar-refractivity contribution is -0.385. The summed E-state index contributed by atoms with van der Waals surface area (Å²) in [6.45, 7) is 3.65. The summed E-state index contributed by atoms with van der Waals surface area (Å²) in [4.78, 5) is 33.1. The molecule has 1 amide bonds. The van der Waals surface area contributed by atoms with Gasteiger partial charge in [-0.15, -0.1) is 0 Å². The van der Waals surface area contributed by atoms with Gasteiger partial charge in [0, 0.05) is 17.3 Å². The van der Waals surface area contributed by atoms with E-state index in [1.807, 2.05) is 0 Å². The fourth-order valence-electron chi connectivity index (χ4n) is 1.66. The van der Waals surface area contributed by atoms with Crippen LogP contribution in [0.4, 0.5) is 11.4 Å². The number of carbonyl (C=O) groups excluding carboxylic acids is 2. The standard InChI is InChI=1S/C13H16N2O5/c1-3-9-5-6-10(7-11(9)15(18)19)14-12(16)8-13(17)20-4-2/h5-7H,3-4,8H2,1-2H3,(H,14,16). The molecule has 0 saturated heterocycles. The number of aryl methyl sites for hydroxylation is 1. The molecule has 7 heteroatoms. The third-order valence-corrected chi connectivity index (χ3v) is 2.56. The van der Waals surface area contributed by atoms with Gasteiger partial charge in [-0.25, -0.2) is 0 Å². The number of ether oxygens (including phenoxy) is 1. The summed E-state index contributed by atoms with van der Waals surface area (Å²) in [5.41, 5.74) is 0.808. The maximum absolute atomic E-state index is 11.6. The Balaban J connectivity index is 2.78. The molecule has 1 rings (SSSR count). The number of hydrogen-bond acceptors (Lipinski definition) is 5. The predicted molar refractivity (Wildman–Crippen MR) is 72.4 cm³/mol. The highest BCUT2D eigenvalue weighted by molar-refractivity contribution is 6.02. The second kappa shape index (κ2) is 7.22. The van der Waals surface area contributed by atoms with Crippen molar-refractivity contribution in [1.29, 1.82) is 0 Å². The summed E-state index contributed by atoms with van der Waals surface area (Å²) >= 11 is 0. The van der Waals surface area contributed by atoms with E-state index in [2.05, 4.69) is 10.1 Å². The lowest BCUT2D eigenvalue weighted by atomic mass is 10.1. The van der Waals surface area contributed by atoms with E-state index in [1.54, 1.807) is 26.0 Å². The lowest BCUT2D eigenvalue weighted by Gasteiger charge is -2.06. The van der Waals surface area contributed by atoms with Crippen LogP contribution in [0.15, 0.2) is 18.2 Å². The van der Waals surface area contributed by atoms with Crippen molar-refractivity contribution in [3.05, 3.63) is 33.9 Å². The molecule has 0 heterocycles. The van der Waals surface area contributed by atoms with E-state index in [4.69, 9.17) is 0 Å². The molecule has 20 heavy (non-hydrogen) atoms. The molecule has 0 bridgehead atoms. The van der Waals surface area contributed by atoms with Gasteiger partial charge in [0.1, 0.15) is 6.42 Å². The second-order valence-electron chi connectivity index (χ2n) is 3.98. The van der Waals surface area contributed by atoms with Crippen molar-refractivity contribution >= 4 is 23.3 Å². The Labute approximate surface area is 116 Å². The molecule has 0 fully saturated rings. The Morgan fingerprint density at radius 2 is 2.05 bits per heavy atom. The quantitative estimate of drug-likeness (QED) is 0.372. The highest BCUT2D eigenvalue weighted by Gasteiger charge is 2.15. The number of carbonyl (C=O) groups is 2. The summed E-state index contributed by atoms with van der Waals surface area (Å²) in [5.74, 6) is -1.20. The first-order valence-corrected chi connectivity index (χ1v) is 6.20. The van der Waals surface area contributed by atoms with Gasteiger partial charge in [-0.05, 0) is 19.4 Å². The molecule has 0 unspecified atom stereocenters. The third-order valence-electron chi connectivity index (χ3n) is 2.56. The van der Waals surface area contributed by atoms with E-state index in [0.29, 0.717) is 12.0 Å². The zero-order valence-electron chi connectivity index (χ0n) is 11.3. The summed E-state index contributed by atoms with van der Waals surface area (Å²) < 4.78 is 4.64. The van der Waals surface area contributed by atoms with Crippen LogP contribution in [-0.2, 0) is 20.7 Å². The SMILES string of the molecule is CCOC(=O)CC(=O)Nc1ccc(CC)c([N+](=O)[O-])c1. The van der Waals surface area contributed by atoms with Crippen molar-refractivity contribution in [3.8, 4) is 0 Å². The monoisotopic (exact) mass is 280 g/mol. The Bertz CT molecular complexity index is 527. The van der Waals surface area contributed by atoms with Crippen LogP contribution in [-0.4, -0.2) is 23.4 Å². The summed E-state index contributed by atoms with van der Waals surface area (Å²) in [6, 6.07) is 4.43. The maximum Gasteiger partial charge on any atom is 0.315 e. The van der Waals surface area contributed by atoms with Gasteiger partial charge >= 0.3 is 5.97 Å². The molecule has 0 radical (unpaired) electrons. The molecule has 7 nitrogen and oxygen atoms in total. The molecule has 0 aliphatic carbocycles. The summed E-state index contributed by atoms with van der Waals surface area (Å²) in [5, 5.41) is 13.3. The fourth-order valence-corrected chi connectivity index (χ4v) is 1.66. The van der Waals surface area contributed by atoms with Crippen LogP contribution < -0.4 is 5.32 Å². The number of hydrogen-bond donors (Lipinski definition) is 1. The third kappa shape index (κ3) is 4.34. The average Bonchev–Trinajstić information content (AvgIpc) is 2.38. The molecule has 1 aromatic rings. The van der Waals surface area contributed by atoms with Gasteiger partial charge < -0.3 is 10.1 Å². The van der Waals surface area contributed by atoms with Crippen LogP contribution in [0.5, 0.6) is 0 Å². The van der Waals surface area contributed by atoms with E-state index >= 15 is 0 Å². The molecular weight excluding hydrogens is 264 g/mol. The average molecular weight is 280 g/mol. The number of nitro groups is 1. The van der Waals surface area contributed by atoms with Crippen LogP contribution in [0.1, 0.15) is 25.8 Å². The predicted octanol–water partition coefficient (Wildman–Crippen LogP) is 2.05. The number of nitrogens with zero attached hydrogens (tertiary/aromatic N) is 1. The summed E-state index contributed by atoms with van der Waals surface area (Å²) in [7, 11) is 0. The van der Waals surface area contributed by atoms with Crippen molar-refractivity contribution in [2.45, 2.75) is 26.7 Å². The fraction of sp³-hybridized carbons (Fsp3) is 0.385. The number of esters is 1. The number of nitro benzene ring substituents is 1. The highest BCUT2D eigenvalue weighted by Crippen LogP contribution is 2.23. The highest BCUT2D eigenvalue weighted by atomic mass is 16.6. The lowest BCUT2D eigenvalue weighted by Crippen LogP contribution is -2.18. The van der Waals surface area contributed by atoms with Gasteiger partial charge in [-0.2, -0.15) is 0 Å². The molecular formula is C13H16N2O5. The minimum absolute atomic E-state index is 0.0542. The topological polar surface area (TPSA) is 98.5 Å². The van der Waals surface area contributed by atoms with E-state index < -0.39 is 23.2 Å². The van der Waals surface area contributed by atoms with Crippen LogP contribution in [0, 0.1) is 10.1 Å². The normalized spacial score (nSPS) is 9.90. The molecule has 1 aromatic carbocycles. The number of amides is 1. The molecule has 0 aromatic heterocycles. The second-order valence-corrected chi connectivity index (χ2v) is 3.98. The first kappa shape index (κ1) is 15.6. The molecule has 0 aliphatic rings. The van der Waals surface area contributed by atoms with Crippen molar-refractivity contribution in [3.63, 3.8) is 0 Å². The minimum Gasteiger partial charge on any atom is -0.466 e. The molecule has 0 aliphatic heterocycles.